The molecule has 0 aliphatic rings. The van der Waals surface area contributed by atoms with Crippen LogP contribution in [0.2, 0.25) is 0 Å². The summed E-state index contributed by atoms with van der Waals surface area (Å²) in [5, 5.41) is 13.5. The van der Waals surface area contributed by atoms with E-state index in [4.69, 9.17) is 9.47 Å². The van der Waals surface area contributed by atoms with Crippen LogP contribution in [0.15, 0.2) is 41.3 Å². The van der Waals surface area contributed by atoms with Gasteiger partial charge in [-0.15, -0.1) is 5.10 Å². The highest BCUT2D eigenvalue weighted by molar-refractivity contribution is 7.89. The van der Waals surface area contributed by atoms with Crippen molar-refractivity contribution in [3.8, 4) is 11.5 Å². The molecular formula is C19H24N6O5S. The number of anilines is 1. The Labute approximate surface area is 180 Å². The predicted octanol–water partition coefficient (Wildman–Crippen LogP) is 1.52. The van der Waals surface area contributed by atoms with Crippen molar-refractivity contribution in [1.29, 1.82) is 0 Å². The Morgan fingerprint density at radius 3 is 2.52 bits per heavy atom. The van der Waals surface area contributed by atoms with E-state index in [2.05, 4.69) is 20.9 Å². The number of methoxy groups -OCH3 is 2. The zero-order valence-electron chi connectivity index (χ0n) is 17.6. The number of carbonyl (C=O) groups excluding carboxylic acids is 1. The Bertz CT molecular complexity index is 1190. The van der Waals surface area contributed by atoms with Gasteiger partial charge in [0, 0.05) is 32.4 Å². The lowest BCUT2D eigenvalue weighted by Gasteiger charge is -2.12. The number of aromatic nitrogens is 3. The van der Waals surface area contributed by atoms with Gasteiger partial charge in [0.25, 0.3) is 0 Å². The number of urea groups is 1. The van der Waals surface area contributed by atoms with Gasteiger partial charge >= 0.3 is 6.03 Å². The van der Waals surface area contributed by atoms with Gasteiger partial charge in [-0.1, -0.05) is 5.21 Å². The van der Waals surface area contributed by atoms with Crippen molar-refractivity contribution in [2.45, 2.75) is 11.4 Å². The third kappa shape index (κ3) is 4.86. The second-order valence-corrected chi connectivity index (χ2v) is 8.85. The number of hydrogen-bond acceptors (Lipinski definition) is 7. The second kappa shape index (κ2) is 9.18. The van der Waals surface area contributed by atoms with Crippen molar-refractivity contribution in [3.05, 3.63) is 36.4 Å². The fourth-order valence-electron chi connectivity index (χ4n) is 2.85. The van der Waals surface area contributed by atoms with E-state index in [1.807, 2.05) is 0 Å². The van der Waals surface area contributed by atoms with Crippen LogP contribution in [0.4, 0.5) is 10.5 Å². The average molecular weight is 449 g/mol. The number of hydrogen-bond donors (Lipinski definition) is 2. The van der Waals surface area contributed by atoms with Crippen molar-refractivity contribution in [2.24, 2.45) is 0 Å². The topological polar surface area (TPSA) is 128 Å². The number of ether oxygens (including phenoxy) is 2. The first-order valence-corrected chi connectivity index (χ1v) is 10.7. The molecule has 1 heterocycles. The van der Waals surface area contributed by atoms with E-state index in [-0.39, 0.29) is 11.4 Å². The number of nitrogens with one attached hydrogen (secondary N) is 2. The molecule has 3 rings (SSSR count). The van der Waals surface area contributed by atoms with Crippen molar-refractivity contribution >= 4 is 32.8 Å². The molecule has 0 radical (unpaired) electrons. The summed E-state index contributed by atoms with van der Waals surface area (Å²) in [5.74, 6) is 1.07. The number of nitrogens with zero attached hydrogens (tertiary/aromatic N) is 4. The SMILES string of the molecule is COc1ccc(NC(=O)NCCn2nnc3cc(S(=O)(=O)N(C)C)ccc32)cc1OC. The van der Waals surface area contributed by atoms with Gasteiger partial charge in [-0.2, -0.15) is 0 Å². The fourth-order valence-corrected chi connectivity index (χ4v) is 3.78. The van der Waals surface area contributed by atoms with Gasteiger partial charge in [0.2, 0.25) is 10.0 Å². The van der Waals surface area contributed by atoms with Gasteiger partial charge in [-0.25, -0.2) is 22.2 Å². The number of sulfonamides is 1. The molecule has 0 unspecified atom stereocenters. The van der Waals surface area contributed by atoms with Gasteiger partial charge in [-0.05, 0) is 30.3 Å². The molecule has 1 aromatic heterocycles. The molecular weight excluding hydrogens is 424 g/mol. The summed E-state index contributed by atoms with van der Waals surface area (Å²) in [6.07, 6.45) is 0. The van der Waals surface area contributed by atoms with Gasteiger partial charge < -0.3 is 20.1 Å². The standard InChI is InChI=1S/C19H24N6O5S/c1-24(2)31(27,28)14-6-7-16-15(12-14)22-23-25(16)10-9-20-19(26)21-13-5-8-17(29-3)18(11-13)30-4/h5-8,11-12H,9-10H2,1-4H3,(H2,20,21,26). The molecule has 0 atom stereocenters. The summed E-state index contributed by atoms with van der Waals surface area (Å²) in [7, 11) is 2.43. The highest BCUT2D eigenvalue weighted by atomic mass is 32.2. The molecule has 12 heteroatoms. The number of benzene rings is 2. The summed E-state index contributed by atoms with van der Waals surface area (Å²) in [5.41, 5.74) is 1.67. The van der Waals surface area contributed by atoms with Gasteiger partial charge in [-0.3, -0.25) is 0 Å². The predicted molar refractivity (Wildman–Crippen MR) is 115 cm³/mol. The van der Waals surface area contributed by atoms with Gasteiger partial charge in [0.15, 0.2) is 11.5 Å². The zero-order chi connectivity index (χ0) is 22.6. The van der Waals surface area contributed by atoms with E-state index in [1.165, 1.54) is 40.4 Å². The summed E-state index contributed by atoms with van der Waals surface area (Å²) < 4.78 is 37.6. The van der Waals surface area contributed by atoms with E-state index in [0.717, 1.165) is 4.31 Å². The lowest BCUT2D eigenvalue weighted by atomic mass is 10.3. The van der Waals surface area contributed by atoms with E-state index >= 15 is 0 Å². The van der Waals surface area contributed by atoms with Crippen LogP contribution < -0.4 is 20.1 Å². The average Bonchev–Trinajstić information content (AvgIpc) is 3.15. The minimum absolute atomic E-state index is 0.143. The quantitative estimate of drug-likeness (QED) is 0.535. The maximum atomic E-state index is 12.3. The molecule has 31 heavy (non-hydrogen) atoms. The van der Waals surface area contributed by atoms with Gasteiger partial charge in [0.1, 0.15) is 5.52 Å². The Hall–Kier alpha value is -3.38. The maximum absolute atomic E-state index is 12.3. The van der Waals surface area contributed by atoms with Crippen molar-refractivity contribution in [3.63, 3.8) is 0 Å². The third-order valence-electron chi connectivity index (χ3n) is 4.51. The van der Waals surface area contributed by atoms with Crippen LogP contribution in [-0.2, 0) is 16.6 Å². The van der Waals surface area contributed by atoms with E-state index in [9.17, 15) is 13.2 Å². The molecule has 0 saturated carbocycles. The van der Waals surface area contributed by atoms with Crippen molar-refractivity contribution in [1.82, 2.24) is 24.6 Å². The molecule has 0 bridgehead atoms. The normalized spacial score (nSPS) is 11.5. The Morgan fingerprint density at radius 1 is 1.10 bits per heavy atom. The first-order chi connectivity index (χ1) is 14.8. The van der Waals surface area contributed by atoms with Crippen LogP contribution >= 0.6 is 0 Å². The monoisotopic (exact) mass is 448 g/mol. The third-order valence-corrected chi connectivity index (χ3v) is 6.33. The summed E-state index contributed by atoms with van der Waals surface area (Å²) in [6.45, 7) is 0.644. The zero-order valence-corrected chi connectivity index (χ0v) is 18.4. The second-order valence-electron chi connectivity index (χ2n) is 6.70. The molecule has 0 aliphatic carbocycles. The smallest absolute Gasteiger partial charge is 0.319 e. The van der Waals surface area contributed by atoms with Crippen LogP contribution in [0.3, 0.4) is 0 Å². The molecule has 2 amide bonds. The fraction of sp³-hybridized carbons (Fsp3) is 0.316. The van der Waals surface area contributed by atoms with Gasteiger partial charge in [0.05, 0.1) is 31.2 Å². The lowest BCUT2D eigenvalue weighted by molar-refractivity contribution is 0.251. The minimum atomic E-state index is -3.55. The molecule has 0 spiro atoms. The molecule has 2 aromatic carbocycles. The summed E-state index contributed by atoms with van der Waals surface area (Å²) >= 11 is 0. The van der Waals surface area contributed by atoms with Crippen LogP contribution in [0.25, 0.3) is 11.0 Å². The summed E-state index contributed by atoms with van der Waals surface area (Å²) in [4.78, 5) is 12.3. The number of rotatable bonds is 8. The first kappa shape index (κ1) is 22.3. The molecule has 0 aliphatic heterocycles. The van der Waals surface area contributed by atoms with E-state index < -0.39 is 16.1 Å². The number of fused-ring (bicyclic) bond motifs is 1. The first-order valence-electron chi connectivity index (χ1n) is 9.29. The summed E-state index contributed by atoms with van der Waals surface area (Å²) in [6, 6.07) is 9.29. The Balaban J connectivity index is 1.61. The minimum Gasteiger partial charge on any atom is -0.493 e. The van der Waals surface area contributed by atoms with E-state index in [0.29, 0.717) is 34.8 Å². The maximum Gasteiger partial charge on any atom is 0.319 e. The lowest BCUT2D eigenvalue weighted by Crippen LogP contribution is -2.31. The highest BCUT2D eigenvalue weighted by Crippen LogP contribution is 2.29. The molecule has 2 N–H and O–H groups in total. The van der Waals surface area contributed by atoms with Crippen LogP contribution in [0.5, 0.6) is 11.5 Å². The molecule has 3 aromatic rings. The van der Waals surface area contributed by atoms with Crippen molar-refractivity contribution < 1.29 is 22.7 Å². The van der Waals surface area contributed by atoms with Crippen LogP contribution in [0, 0.1) is 0 Å². The molecule has 166 valence electrons. The molecule has 11 nitrogen and oxygen atoms in total. The van der Waals surface area contributed by atoms with Crippen LogP contribution in [-0.4, -0.2) is 68.6 Å². The Kier molecular flexibility index (Phi) is 6.61. The highest BCUT2D eigenvalue weighted by Gasteiger charge is 2.18. The number of carbonyl (C=O) groups is 1. The Morgan fingerprint density at radius 2 is 1.84 bits per heavy atom. The van der Waals surface area contributed by atoms with Crippen molar-refractivity contribution in [2.75, 3.05) is 40.2 Å². The molecule has 0 saturated heterocycles. The molecule has 0 fully saturated rings. The van der Waals surface area contributed by atoms with E-state index in [1.54, 1.807) is 28.9 Å². The largest absolute Gasteiger partial charge is 0.493 e. The number of amides is 2. The van der Waals surface area contributed by atoms with Crippen LogP contribution in [0.1, 0.15) is 0 Å².